The normalized spacial score (nSPS) is 29.4. The van der Waals surface area contributed by atoms with Crippen molar-refractivity contribution in [1.29, 1.82) is 0 Å². The van der Waals surface area contributed by atoms with Gasteiger partial charge < -0.3 is 10.2 Å². The highest BCUT2D eigenvalue weighted by Gasteiger charge is 2.32. The molecule has 1 aromatic rings. The number of hydrogen-bond donors (Lipinski definition) is 1. The molecule has 1 aliphatic heterocycles. The number of aryl methyl sites for hydroxylation is 1. The molecule has 1 saturated heterocycles. The summed E-state index contributed by atoms with van der Waals surface area (Å²) < 4.78 is 0. The van der Waals surface area contributed by atoms with E-state index in [9.17, 15) is 0 Å². The van der Waals surface area contributed by atoms with Gasteiger partial charge in [-0.05, 0) is 44.9 Å². The summed E-state index contributed by atoms with van der Waals surface area (Å²) in [6.07, 6.45) is 5.07. The maximum Gasteiger partial charge on any atom is 0.0584 e. The molecule has 2 heterocycles. The highest BCUT2D eigenvalue weighted by Crippen LogP contribution is 2.29. The van der Waals surface area contributed by atoms with Crippen LogP contribution in [-0.4, -0.2) is 30.7 Å². The zero-order valence-corrected chi connectivity index (χ0v) is 11.3. The van der Waals surface area contributed by atoms with E-state index in [4.69, 9.17) is 0 Å². The van der Waals surface area contributed by atoms with Gasteiger partial charge in [0.05, 0.1) is 11.9 Å². The average molecular weight is 233 g/mol. The van der Waals surface area contributed by atoms with E-state index < -0.39 is 0 Å². The van der Waals surface area contributed by atoms with Crippen molar-refractivity contribution in [3.8, 4) is 0 Å². The fourth-order valence-electron chi connectivity index (χ4n) is 2.87. The predicted molar refractivity (Wildman–Crippen MR) is 72.4 cm³/mol. The Morgan fingerprint density at radius 3 is 2.82 bits per heavy atom. The van der Waals surface area contributed by atoms with E-state index in [-0.39, 0.29) is 0 Å². The Bertz CT molecular complexity index is 377. The zero-order valence-electron chi connectivity index (χ0n) is 11.3. The number of nitrogens with zero attached hydrogens (tertiary/aromatic N) is 2. The van der Waals surface area contributed by atoms with Gasteiger partial charge in [0.2, 0.25) is 0 Å². The number of hydrogen-bond acceptors (Lipinski definition) is 3. The first kappa shape index (κ1) is 12.4. The Hall–Kier alpha value is -1.09. The maximum absolute atomic E-state index is 4.26. The molecule has 0 spiro atoms. The van der Waals surface area contributed by atoms with Crippen LogP contribution in [0, 0.1) is 12.8 Å². The van der Waals surface area contributed by atoms with Crippen LogP contribution in [0.2, 0.25) is 0 Å². The van der Waals surface area contributed by atoms with E-state index in [1.54, 1.807) is 0 Å². The lowest BCUT2D eigenvalue weighted by Gasteiger charge is -2.44. The topological polar surface area (TPSA) is 28.2 Å². The molecule has 1 aromatic heterocycles. The SMILES string of the molecule is CNC1CCN(c2cnccc2C)C(C)C1C. The monoisotopic (exact) mass is 233 g/mol. The Balaban J connectivity index is 2.21. The molecule has 1 aliphatic rings. The average Bonchev–Trinajstić information content (AvgIpc) is 2.34. The Labute approximate surface area is 104 Å². The van der Waals surface area contributed by atoms with Crippen molar-refractivity contribution < 1.29 is 0 Å². The minimum atomic E-state index is 0.559. The van der Waals surface area contributed by atoms with Crippen molar-refractivity contribution >= 4 is 5.69 Å². The van der Waals surface area contributed by atoms with Gasteiger partial charge in [-0.2, -0.15) is 0 Å². The van der Waals surface area contributed by atoms with Crippen molar-refractivity contribution in [3.63, 3.8) is 0 Å². The molecule has 94 valence electrons. The molecule has 3 atom stereocenters. The molecular formula is C14H23N3. The largest absolute Gasteiger partial charge is 0.367 e. The van der Waals surface area contributed by atoms with Crippen molar-refractivity contribution in [2.45, 2.75) is 39.3 Å². The summed E-state index contributed by atoms with van der Waals surface area (Å²) in [6.45, 7) is 7.94. The zero-order chi connectivity index (χ0) is 12.4. The second-order valence-electron chi connectivity index (χ2n) is 5.14. The summed E-state index contributed by atoms with van der Waals surface area (Å²) in [5.41, 5.74) is 2.61. The van der Waals surface area contributed by atoms with Crippen molar-refractivity contribution in [3.05, 3.63) is 24.0 Å². The molecule has 0 saturated carbocycles. The summed E-state index contributed by atoms with van der Waals surface area (Å²) in [5.74, 6) is 0.661. The lowest BCUT2D eigenvalue weighted by molar-refractivity contribution is 0.282. The lowest BCUT2D eigenvalue weighted by atomic mass is 9.86. The summed E-state index contributed by atoms with van der Waals surface area (Å²) in [5, 5.41) is 3.43. The summed E-state index contributed by atoms with van der Waals surface area (Å²) in [6, 6.07) is 3.29. The van der Waals surface area contributed by atoms with E-state index in [2.05, 4.69) is 49.1 Å². The van der Waals surface area contributed by atoms with Gasteiger partial charge in [-0.3, -0.25) is 4.98 Å². The highest BCUT2D eigenvalue weighted by molar-refractivity contribution is 5.52. The molecule has 3 unspecified atom stereocenters. The first-order valence-electron chi connectivity index (χ1n) is 6.49. The third-order valence-electron chi connectivity index (χ3n) is 4.26. The molecule has 17 heavy (non-hydrogen) atoms. The third-order valence-corrected chi connectivity index (χ3v) is 4.26. The van der Waals surface area contributed by atoms with Crippen LogP contribution in [0.5, 0.6) is 0 Å². The van der Waals surface area contributed by atoms with Crippen molar-refractivity contribution in [2.75, 3.05) is 18.5 Å². The molecule has 0 amide bonds. The first-order chi connectivity index (χ1) is 8.15. The van der Waals surface area contributed by atoms with Gasteiger partial charge in [-0.1, -0.05) is 6.92 Å². The summed E-state index contributed by atoms with van der Waals surface area (Å²) in [4.78, 5) is 6.76. The van der Waals surface area contributed by atoms with Gasteiger partial charge in [0.1, 0.15) is 0 Å². The number of aromatic nitrogens is 1. The first-order valence-corrected chi connectivity index (χ1v) is 6.49. The van der Waals surface area contributed by atoms with Crippen molar-refractivity contribution in [1.82, 2.24) is 10.3 Å². The van der Waals surface area contributed by atoms with Crippen LogP contribution in [0.1, 0.15) is 25.8 Å². The fraction of sp³-hybridized carbons (Fsp3) is 0.643. The smallest absolute Gasteiger partial charge is 0.0584 e. The maximum atomic E-state index is 4.26. The number of nitrogens with one attached hydrogen (secondary N) is 1. The van der Waals surface area contributed by atoms with E-state index in [1.165, 1.54) is 17.7 Å². The van der Waals surface area contributed by atoms with Gasteiger partial charge in [0.25, 0.3) is 0 Å². The molecule has 1 N–H and O–H groups in total. The van der Waals surface area contributed by atoms with Crippen LogP contribution >= 0.6 is 0 Å². The molecule has 0 bridgehead atoms. The van der Waals surface area contributed by atoms with E-state index >= 15 is 0 Å². The molecule has 0 radical (unpaired) electrons. The molecule has 0 aromatic carbocycles. The van der Waals surface area contributed by atoms with Crippen LogP contribution < -0.4 is 10.2 Å². The minimum Gasteiger partial charge on any atom is -0.367 e. The van der Waals surface area contributed by atoms with Crippen LogP contribution in [0.25, 0.3) is 0 Å². The van der Waals surface area contributed by atoms with Crippen LogP contribution in [0.3, 0.4) is 0 Å². The number of rotatable bonds is 2. The Morgan fingerprint density at radius 1 is 1.41 bits per heavy atom. The van der Waals surface area contributed by atoms with Gasteiger partial charge in [-0.25, -0.2) is 0 Å². The van der Waals surface area contributed by atoms with Gasteiger partial charge in [0.15, 0.2) is 0 Å². The summed E-state index contributed by atoms with van der Waals surface area (Å²) >= 11 is 0. The fourth-order valence-corrected chi connectivity index (χ4v) is 2.87. The van der Waals surface area contributed by atoms with Crippen LogP contribution in [-0.2, 0) is 0 Å². The number of piperidine rings is 1. The highest BCUT2D eigenvalue weighted by atomic mass is 15.2. The quantitative estimate of drug-likeness (QED) is 0.849. The van der Waals surface area contributed by atoms with E-state index in [1.807, 2.05) is 12.4 Å². The van der Waals surface area contributed by atoms with Gasteiger partial charge >= 0.3 is 0 Å². The molecular weight excluding hydrogens is 210 g/mol. The molecule has 1 fully saturated rings. The van der Waals surface area contributed by atoms with Crippen molar-refractivity contribution in [2.24, 2.45) is 5.92 Å². The second-order valence-corrected chi connectivity index (χ2v) is 5.14. The standard InChI is InChI=1S/C14H23N3/c1-10-5-7-16-9-14(10)17-8-6-13(15-4)11(2)12(17)3/h5,7,9,11-13,15H,6,8H2,1-4H3. The molecule has 0 aliphatic carbocycles. The lowest BCUT2D eigenvalue weighted by Crippen LogP contribution is -2.53. The molecule has 2 rings (SSSR count). The minimum absolute atomic E-state index is 0.559. The van der Waals surface area contributed by atoms with Gasteiger partial charge in [-0.15, -0.1) is 0 Å². The predicted octanol–water partition coefficient (Wildman–Crippen LogP) is 2.21. The van der Waals surface area contributed by atoms with Crippen LogP contribution in [0.4, 0.5) is 5.69 Å². The third kappa shape index (κ3) is 2.29. The molecule has 3 nitrogen and oxygen atoms in total. The second kappa shape index (κ2) is 5.05. The van der Waals surface area contributed by atoms with Gasteiger partial charge in [0, 0.05) is 24.8 Å². The number of anilines is 1. The van der Waals surface area contributed by atoms with E-state index in [0.717, 1.165) is 6.54 Å². The number of pyridine rings is 1. The van der Waals surface area contributed by atoms with E-state index in [0.29, 0.717) is 18.0 Å². The Morgan fingerprint density at radius 2 is 2.18 bits per heavy atom. The Kier molecular flexibility index (Phi) is 3.67. The van der Waals surface area contributed by atoms with Crippen LogP contribution in [0.15, 0.2) is 18.5 Å². The molecule has 3 heteroatoms. The summed E-state index contributed by atoms with van der Waals surface area (Å²) in [7, 11) is 2.07.